The van der Waals surface area contributed by atoms with E-state index in [2.05, 4.69) is 11.9 Å². The molecule has 0 spiro atoms. The zero-order chi connectivity index (χ0) is 16.2. The SMILES string of the molecule is C=CC1CC1(NC(=O)OCc1ccccc1)P(C)(=O)OCC. The number of ether oxygens (including phenoxy) is 1. The molecule has 120 valence electrons. The van der Waals surface area contributed by atoms with Gasteiger partial charge in [-0.3, -0.25) is 4.57 Å². The average molecular weight is 323 g/mol. The predicted molar refractivity (Wildman–Crippen MR) is 86.0 cm³/mol. The van der Waals surface area contributed by atoms with Crippen LogP contribution in [0.25, 0.3) is 0 Å². The quantitative estimate of drug-likeness (QED) is 0.613. The van der Waals surface area contributed by atoms with Crippen molar-refractivity contribution < 1.29 is 18.6 Å². The lowest BCUT2D eigenvalue weighted by molar-refractivity contribution is 0.136. The Labute approximate surface area is 131 Å². The van der Waals surface area contributed by atoms with Crippen LogP contribution in [0.15, 0.2) is 43.0 Å². The summed E-state index contributed by atoms with van der Waals surface area (Å²) in [5.41, 5.74) is 0.896. The summed E-state index contributed by atoms with van der Waals surface area (Å²) in [6, 6.07) is 9.40. The molecule has 6 heteroatoms. The fourth-order valence-corrected chi connectivity index (χ4v) is 4.82. The fourth-order valence-electron chi connectivity index (χ4n) is 2.56. The van der Waals surface area contributed by atoms with E-state index in [1.165, 1.54) is 0 Å². The van der Waals surface area contributed by atoms with Gasteiger partial charge in [-0.2, -0.15) is 0 Å². The lowest BCUT2D eigenvalue weighted by Crippen LogP contribution is -2.39. The van der Waals surface area contributed by atoms with Crippen molar-refractivity contribution >= 4 is 13.5 Å². The molecule has 1 amide bonds. The highest BCUT2D eigenvalue weighted by atomic mass is 31.2. The van der Waals surface area contributed by atoms with E-state index in [1.807, 2.05) is 30.3 Å². The van der Waals surface area contributed by atoms with Crippen molar-refractivity contribution in [2.75, 3.05) is 13.3 Å². The standard InChI is InChI=1S/C16H22NO4P/c1-4-14-11-16(14,22(3,19)21-5-2)17-15(18)20-12-13-9-7-6-8-10-13/h4,6-10,14H,1,5,11-12H2,2-3H3,(H,17,18). The molecule has 22 heavy (non-hydrogen) atoms. The molecule has 1 N–H and O–H groups in total. The molecule has 1 saturated carbocycles. The molecule has 0 aromatic heterocycles. The van der Waals surface area contributed by atoms with Crippen LogP contribution < -0.4 is 5.32 Å². The van der Waals surface area contributed by atoms with Crippen molar-refractivity contribution in [3.63, 3.8) is 0 Å². The molecule has 0 heterocycles. The number of amides is 1. The number of rotatable bonds is 7. The van der Waals surface area contributed by atoms with Gasteiger partial charge in [-0.25, -0.2) is 4.79 Å². The summed E-state index contributed by atoms with van der Waals surface area (Å²) >= 11 is 0. The zero-order valence-electron chi connectivity index (χ0n) is 13.0. The van der Waals surface area contributed by atoms with Crippen molar-refractivity contribution in [2.24, 2.45) is 5.92 Å². The minimum atomic E-state index is -2.99. The highest BCUT2D eigenvalue weighted by Gasteiger charge is 2.64. The smallest absolute Gasteiger partial charge is 0.408 e. The molecule has 0 saturated heterocycles. The van der Waals surface area contributed by atoms with Gasteiger partial charge in [0.25, 0.3) is 0 Å². The van der Waals surface area contributed by atoms with E-state index in [-0.39, 0.29) is 12.5 Å². The zero-order valence-corrected chi connectivity index (χ0v) is 13.8. The Bertz CT molecular complexity index is 589. The van der Waals surface area contributed by atoms with Gasteiger partial charge in [0.2, 0.25) is 7.37 Å². The van der Waals surface area contributed by atoms with Crippen LogP contribution in [-0.4, -0.2) is 24.6 Å². The van der Waals surface area contributed by atoms with Gasteiger partial charge in [-0.05, 0) is 18.9 Å². The lowest BCUT2D eigenvalue weighted by atomic mass is 10.2. The maximum absolute atomic E-state index is 12.7. The largest absolute Gasteiger partial charge is 0.445 e. The maximum atomic E-state index is 12.7. The maximum Gasteiger partial charge on any atom is 0.408 e. The van der Waals surface area contributed by atoms with Crippen molar-refractivity contribution in [3.05, 3.63) is 48.6 Å². The van der Waals surface area contributed by atoms with Crippen LogP contribution in [0.3, 0.4) is 0 Å². The molecular formula is C16H22NO4P. The van der Waals surface area contributed by atoms with Crippen LogP contribution in [0, 0.1) is 5.92 Å². The number of hydrogen-bond acceptors (Lipinski definition) is 4. The summed E-state index contributed by atoms with van der Waals surface area (Å²) in [7, 11) is -2.99. The van der Waals surface area contributed by atoms with Crippen molar-refractivity contribution in [1.82, 2.24) is 5.32 Å². The number of alkyl carbamates (subject to hydrolysis) is 1. The van der Waals surface area contributed by atoms with Crippen LogP contribution in [0.1, 0.15) is 18.9 Å². The van der Waals surface area contributed by atoms with Crippen LogP contribution in [0.4, 0.5) is 4.79 Å². The van der Waals surface area contributed by atoms with Gasteiger partial charge in [0.1, 0.15) is 11.9 Å². The Morgan fingerprint density at radius 3 is 2.73 bits per heavy atom. The number of benzene rings is 1. The van der Waals surface area contributed by atoms with Crippen LogP contribution >= 0.6 is 7.37 Å². The Morgan fingerprint density at radius 2 is 2.18 bits per heavy atom. The molecule has 2 rings (SSSR count). The third-order valence-corrected chi connectivity index (χ3v) is 6.73. The van der Waals surface area contributed by atoms with Gasteiger partial charge in [0.15, 0.2) is 0 Å². The lowest BCUT2D eigenvalue weighted by Gasteiger charge is -2.25. The van der Waals surface area contributed by atoms with Gasteiger partial charge in [0, 0.05) is 12.6 Å². The topological polar surface area (TPSA) is 64.6 Å². The summed E-state index contributed by atoms with van der Waals surface area (Å²) in [5.74, 6) is -0.0563. The number of carbonyl (C=O) groups is 1. The number of hydrogen-bond donors (Lipinski definition) is 1. The number of nitrogens with one attached hydrogen (secondary N) is 1. The van der Waals surface area contributed by atoms with Crippen molar-refractivity contribution in [2.45, 2.75) is 25.2 Å². The first-order valence-electron chi connectivity index (χ1n) is 7.28. The normalized spacial score (nSPS) is 25.8. The molecule has 1 aliphatic carbocycles. The van der Waals surface area contributed by atoms with E-state index >= 15 is 0 Å². The summed E-state index contributed by atoms with van der Waals surface area (Å²) in [4.78, 5) is 12.0. The van der Waals surface area contributed by atoms with E-state index in [0.29, 0.717) is 13.0 Å². The third-order valence-electron chi connectivity index (χ3n) is 3.90. The van der Waals surface area contributed by atoms with Crippen LogP contribution in [-0.2, 0) is 20.4 Å². The monoisotopic (exact) mass is 323 g/mol. The van der Waals surface area contributed by atoms with Gasteiger partial charge < -0.3 is 14.6 Å². The van der Waals surface area contributed by atoms with Crippen LogP contribution in [0.5, 0.6) is 0 Å². The van der Waals surface area contributed by atoms with E-state index in [1.54, 1.807) is 19.7 Å². The molecule has 1 aliphatic rings. The molecule has 1 fully saturated rings. The van der Waals surface area contributed by atoms with Crippen molar-refractivity contribution in [3.8, 4) is 0 Å². The highest BCUT2D eigenvalue weighted by Crippen LogP contribution is 2.70. The molecular weight excluding hydrogens is 301 g/mol. The minimum absolute atomic E-state index is 0.0563. The van der Waals surface area contributed by atoms with Crippen LogP contribution in [0.2, 0.25) is 0 Å². The van der Waals surface area contributed by atoms with Gasteiger partial charge in [-0.1, -0.05) is 36.4 Å². The highest BCUT2D eigenvalue weighted by molar-refractivity contribution is 7.60. The number of carbonyl (C=O) groups excluding carboxylic acids is 1. The molecule has 1 aromatic rings. The second-order valence-electron chi connectivity index (χ2n) is 5.42. The molecule has 0 bridgehead atoms. The first kappa shape index (κ1) is 16.8. The summed E-state index contributed by atoms with van der Waals surface area (Å²) in [6.07, 6.45) is 1.67. The Balaban J connectivity index is 1.99. The molecule has 3 unspecified atom stereocenters. The molecule has 0 aliphatic heterocycles. The average Bonchev–Trinajstić information content (AvgIpc) is 3.21. The molecule has 5 nitrogen and oxygen atoms in total. The summed E-state index contributed by atoms with van der Waals surface area (Å²) in [5, 5.41) is 1.87. The Hall–Kier alpha value is -1.58. The fraction of sp³-hybridized carbons (Fsp3) is 0.438. The molecule has 3 atom stereocenters. The van der Waals surface area contributed by atoms with E-state index in [9.17, 15) is 9.36 Å². The van der Waals surface area contributed by atoms with Gasteiger partial charge in [0.05, 0.1) is 6.61 Å². The Kier molecular flexibility index (Phi) is 5.09. The first-order valence-corrected chi connectivity index (χ1v) is 9.36. The second kappa shape index (κ2) is 6.67. The Morgan fingerprint density at radius 1 is 1.50 bits per heavy atom. The van der Waals surface area contributed by atoms with Crippen molar-refractivity contribution in [1.29, 1.82) is 0 Å². The second-order valence-corrected chi connectivity index (χ2v) is 8.17. The van der Waals surface area contributed by atoms with E-state index < -0.39 is 18.7 Å². The van der Waals surface area contributed by atoms with Gasteiger partial charge >= 0.3 is 6.09 Å². The first-order chi connectivity index (χ1) is 10.4. The van der Waals surface area contributed by atoms with E-state index in [0.717, 1.165) is 5.56 Å². The predicted octanol–water partition coefficient (Wildman–Crippen LogP) is 3.76. The third kappa shape index (κ3) is 3.42. The van der Waals surface area contributed by atoms with E-state index in [4.69, 9.17) is 9.26 Å². The summed E-state index contributed by atoms with van der Waals surface area (Å²) < 4.78 is 23.3. The molecule has 1 aromatic carbocycles. The summed E-state index contributed by atoms with van der Waals surface area (Å²) in [6.45, 7) is 7.56. The minimum Gasteiger partial charge on any atom is -0.445 e. The molecule has 0 radical (unpaired) electrons. The van der Waals surface area contributed by atoms with Gasteiger partial charge in [-0.15, -0.1) is 6.58 Å².